The lowest BCUT2D eigenvalue weighted by Crippen LogP contribution is -2.39. The summed E-state index contributed by atoms with van der Waals surface area (Å²) in [6.07, 6.45) is 3.16. The maximum Gasteiger partial charge on any atom is 0.270 e. The Morgan fingerprint density at radius 1 is 1.17 bits per heavy atom. The molecule has 122 valence electrons. The van der Waals surface area contributed by atoms with Gasteiger partial charge in [0.1, 0.15) is 10.8 Å². The van der Waals surface area contributed by atoms with Crippen LogP contribution in [0.15, 0.2) is 36.4 Å². The van der Waals surface area contributed by atoms with E-state index in [2.05, 4.69) is 24.3 Å². The van der Waals surface area contributed by atoms with Gasteiger partial charge in [-0.25, -0.2) is 0 Å². The molecule has 1 aromatic carbocycles. The molecule has 1 saturated heterocycles. The molecule has 2 aromatic rings. The van der Waals surface area contributed by atoms with Crippen molar-refractivity contribution in [2.24, 2.45) is 13.0 Å². The summed E-state index contributed by atoms with van der Waals surface area (Å²) in [5.74, 6) is 0.654. The van der Waals surface area contributed by atoms with E-state index in [9.17, 15) is 4.79 Å². The van der Waals surface area contributed by atoms with Gasteiger partial charge in [0.2, 0.25) is 0 Å². The molecule has 0 spiro atoms. The van der Waals surface area contributed by atoms with Crippen LogP contribution in [0.3, 0.4) is 0 Å². The molecule has 0 saturated carbocycles. The third-order valence-electron chi connectivity index (χ3n) is 4.60. The summed E-state index contributed by atoms with van der Waals surface area (Å²) in [7, 11) is 1.77. The zero-order valence-electron chi connectivity index (χ0n) is 13.1. The third-order valence-corrected chi connectivity index (χ3v) is 5.45. The number of amides is 1. The highest BCUT2D eigenvalue weighted by Gasteiger charge is 2.26. The predicted molar refractivity (Wildman–Crippen MR) is 94.2 cm³/mol. The van der Waals surface area contributed by atoms with Crippen LogP contribution in [0.25, 0.3) is 0 Å². The number of nitrogens with zero attached hydrogens (tertiary/aromatic N) is 2. The minimum Gasteiger partial charge on any atom is -0.337 e. The summed E-state index contributed by atoms with van der Waals surface area (Å²) in [5.41, 5.74) is 1.93. The standard InChI is InChI=1S/C18H20Cl2N2O/c1-21-16(12-15(19)17(21)20)18(23)22-9-7-14(8-10-22)11-13-5-3-2-4-6-13/h2-6,12,14H,7-11H2,1H3. The quantitative estimate of drug-likeness (QED) is 0.803. The molecule has 2 heterocycles. The van der Waals surface area contributed by atoms with Gasteiger partial charge in [0, 0.05) is 20.1 Å². The monoisotopic (exact) mass is 350 g/mol. The van der Waals surface area contributed by atoms with Crippen LogP contribution < -0.4 is 0 Å². The van der Waals surface area contributed by atoms with E-state index in [1.807, 2.05) is 11.0 Å². The van der Waals surface area contributed by atoms with Crippen molar-refractivity contribution in [1.82, 2.24) is 9.47 Å². The number of halogens is 2. The Bertz CT molecular complexity index is 689. The fraction of sp³-hybridized carbons (Fsp3) is 0.389. The van der Waals surface area contributed by atoms with Crippen LogP contribution >= 0.6 is 23.2 Å². The van der Waals surface area contributed by atoms with Crippen molar-refractivity contribution in [1.29, 1.82) is 0 Å². The molecule has 0 N–H and O–H groups in total. The fourth-order valence-electron chi connectivity index (χ4n) is 3.20. The van der Waals surface area contributed by atoms with E-state index in [1.54, 1.807) is 17.7 Å². The van der Waals surface area contributed by atoms with E-state index in [0.29, 0.717) is 21.8 Å². The van der Waals surface area contributed by atoms with Crippen LogP contribution in [-0.4, -0.2) is 28.5 Å². The second kappa shape index (κ2) is 6.98. The second-order valence-corrected chi connectivity index (χ2v) is 6.92. The smallest absolute Gasteiger partial charge is 0.270 e. The molecule has 0 bridgehead atoms. The van der Waals surface area contributed by atoms with E-state index in [1.165, 1.54) is 5.56 Å². The molecule has 0 atom stereocenters. The number of hydrogen-bond donors (Lipinski definition) is 0. The minimum atomic E-state index is 0.0134. The molecular formula is C18H20Cl2N2O. The first kappa shape index (κ1) is 16.4. The van der Waals surface area contributed by atoms with Gasteiger partial charge in [-0.1, -0.05) is 53.5 Å². The zero-order valence-corrected chi connectivity index (χ0v) is 14.6. The lowest BCUT2D eigenvalue weighted by atomic mass is 9.90. The van der Waals surface area contributed by atoms with Gasteiger partial charge in [0.05, 0.1) is 5.02 Å². The molecule has 23 heavy (non-hydrogen) atoms. The van der Waals surface area contributed by atoms with E-state index in [4.69, 9.17) is 23.2 Å². The van der Waals surface area contributed by atoms with Crippen molar-refractivity contribution >= 4 is 29.1 Å². The van der Waals surface area contributed by atoms with Crippen molar-refractivity contribution in [2.45, 2.75) is 19.3 Å². The number of aromatic nitrogens is 1. The van der Waals surface area contributed by atoms with Crippen molar-refractivity contribution in [2.75, 3.05) is 13.1 Å². The number of rotatable bonds is 3. The number of carbonyl (C=O) groups excluding carboxylic acids is 1. The molecule has 1 amide bonds. The van der Waals surface area contributed by atoms with Crippen molar-refractivity contribution in [3.8, 4) is 0 Å². The summed E-state index contributed by atoms with van der Waals surface area (Å²) in [5, 5.41) is 0.838. The molecule has 1 fully saturated rings. The second-order valence-electron chi connectivity index (χ2n) is 6.15. The maximum atomic E-state index is 12.6. The minimum absolute atomic E-state index is 0.0134. The number of likely N-dealkylation sites (tertiary alicyclic amines) is 1. The van der Waals surface area contributed by atoms with E-state index < -0.39 is 0 Å². The van der Waals surface area contributed by atoms with Crippen molar-refractivity contribution in [3.05, 3.63) is 57.8 Å². The number of hydrogen-bond acceptors (Lipinski definition) is 1. The first-order valence-corrected chi connectivity index (χ1v) is 8.65. The van der Waals surface area contributed by atoms with Crippen LogP contribution in [0.4, 0.5) is 0 Å². The lowest BCUT2D eigenvalue weighted by molar-refractivity contribution is 0.0681. The molecule has 0 aliphatic carbocycles. The van der Waals surface area contributed by atoms with Crippen LogP contribution in [0.1, 0.15) is 28.9 Å². The van der Waals surface area contributed by atoms with Crippen LogP contribution in [0.5, 0.6) is 0 Å². The highest BCUT2D eigenvalue weighted by atomic mass is 35.5. The van der Waals surface area contributed by atoms with Crippen molar-refractivity contribution < 1.29 is 4.79 Å². The average molecular weight is 351 g/mol. The Morgan fingerprint density at radius 2 is 1.83 bits per heavy atom. The lowest BCUT2D eigenvalue weighted by Gasteiger charge is -2.32. The van der Waals surface area contributed by atoms with Gasteiger partial charge in [-0.3, -0.25) is 4.79 Å². The molecule has 1 aliphatic rings. The molecule has 0 radical (unpaired) electrons. The van der Waals surface area contributed by atoms with E-state index in [-0.39, 0.29) is 5.91 Å². The third kappa shape index (κ3) is 3.56. The average Bonchev–Trinajstić information content (AvgIpc) is 2.83. The highest BCUT2D eigenvalue weighted by Crippen LogP contribution is 2.28. The van der Waals surface area contributed by atoms with Gasteiger partial charge < -0.3 is 9.47 Å². The molecule has 1 aliphatic heterocycles. The summed E-state index contributed by atoms with van der Waals surface area (Å²) in [6.45, 7) is 1.58. The molecule has 1 aromatic heterocycles. The summed E-state index contributed by atoms with van der Waals surface area (Å²) >= 11 is 12.1. The SMILES string of the molecule is Cn1c(C(=O)N2CCC(Cc3ccccc3)CC2)cc(Cl)c1Cl. The number of carbonyl (C=O) groups is 1. The normalized spacial score (nSPS) is 15.9. The fourth-order valence-corrected chi connectivity index (χ4v) is 3.57. The summed E-state index contributed by atoms with van der Waals surface area (Å²) < 4.78 is 1.66. The van der Waals surface area contributed by atoms with Gasteiger partial charge in [0.25, 0.3) is 5.91 Å². The molecule has 5 heteroatoms. The first-order valence-electron chi connectivity index (χ1n) is 7.90. The first-order chi connectivity index (χ1) is 11.1. The highest BCUT2D eigenvalue weighted by molar-refractivity contribution is 6.41. The Hall–Kier alpha value is -1.45. The number of piperidine rings is 1. The molecule has 3 nitrogen and oxygen atoms in total. The Balaban J connectivity index is 1.60. The van der Waals surface area contributed by atoms with Crippen LogP contribution in [0, 0.1) is 5.92 Å². The van der Waals surface area contributed by atoms with Crippen LogP contribution in [-0.2, 0) is 13.5 Å². The van der Waals surface area contributed by atoms with Crippen LogP contribution in [0.2, 0.25) is 10.2 Å². The largest absolute Gasteiger partial charge is 0.337 e. The Labute approximate surface area is 146 Å². The number of benzene rings is 1. The zero-order chi connectivity index (χ0) is 16.4. The summed E-state index contributed by atoms with van der Waals surface area (Å²) in [6, 6.07) is 12.2. The van der Waals surface area contributed by atoms with Gasteiger partial charge in [-0.15, -0.1) is 0 Å². The van der Waals surface area contributed by atoms with E-state index >= 15 is 0 Å². The molecular weight excluding hydrogens is 331 g/mol. The topological polar surface area (TPSA) is 25.2 Å². The van der Waals surface area contributed by atoms with Gasteiger partial charge >= 0.3 is 0 Å². The molecule has 0 unspecified atom stereocenters. The van der Waals surface area contributed by atoms with Gasteiger partial charge in [-0.2, -0.15) is 0 Å². The van der Waals surface area contributed by atoms with Crippen molar-refractivity contribution in [3.63, 3.8) is 0 Å². The Kier molecular flexibility index (Phi) is 4.98. The molecule has 3 rings (SSSR count). The van der Waals surface area contributed by atoms with Gasteiger partial charge in [0.15, 0.2) is 0 Å². The van der Waals surface area contributed by atoms with Gasteiger partial charge in [-0.05, 0) is 36.8 Å². The summed E-state index contributed by atoms with van der Waals surface area (Å²) in [4.78, 5) is 14.5. The predicted octanol–water partition coefficient (Wildman–Crippen LogP) is 4.43. The van der Waals surface area contributed by atoms with E-state index in [0.717, 1.165) is 32.4 Å². The Morgan fingerprint density at radius 3 is 2.39 bits per heavy atom. The maximum absolute atomic E-state index is 12.6.